The fraction of sp³-hybridized carbons (Fsp3) is 1.00. The van der Waals surface area contributed by atoms with E-state index in [0.717, 1.165) is 0 Å². The van der Waals surface area contributed by atoms with Gasteiger partial charge in [-0.2, -0.15) is 8.78 Å². The lowest BCUT2D eigenvalue weighted by molar-refractivity contribution is -0.185. The summed E-state index contributed by atoms with van der Waals surface area (Å²) in [7, 11) is 0. The molecule has 0 aromatic heterocycles. The van der Waals surface area contributed by atoms with Crippen molar-refractivity contribution in [2.45, 2.75) is 22.5 Å². The van der Waals surface area contributed by atoms with Crippen LogP contribution in [0, 0.1) is 0 Å². The Morgan fingerprint density at radius 3 is 1.40 bits per heavy atom. The highest BCUT2D eigenvalue weighted by Gasteiger charge is 2.56. The third-order valence-electron chi connectivity index (χ3n) is 0.859. The average Bonchev–Trinajstić information content (AvgIpc) is 1.62. The lowest BCUT2D eigenvalue weighted by Crippen LogP contribution is -2.42. The molecule has 0 aromatic rings. The average molecular weight is 288 g/mol. The third kappa shape index (κ3) is 2.08. The summed E-state index contributed by atoms with van der Waals surface area (Å²) in [6, 6.07) is 0. The molecule has 0 N–H and O–H groups in total. The van der Waals surface area contributed by atoms with Gasteiger partial charge in [0, 0.05) is 6.92 Å². The van der Waals surface area contributed by atoms with Gasteiger partial charge in [0.25, 0.3) is 0 Å². The summed E-state index contributed by atoms with van der Waals surface area (Å²) >= 11 is 4.64. The normalized spacial score (nSPS) is 14.4. The molecule has 0 rings (SSSR count). The topological polar surface area (TPSA) is 0 Å². The van der Waals surface area contributed by atoms with E-state index in [1.807, 2.05) is 0 Å². The van der Waals surface area contributed by atoms with Gasteiger partial charge in [-0.1, -0.05) is 31.9 Å². The molecule has 0 unspecified atom stereocenters. The van der Waals surface area contributed by atoms with Crippen LogP contribution in [-0.4, -0.2) is 15.6 Å². The van der Waals surface area contributed by atoms with Crippen molar-refractivity contribution in [3.05, 3.63) is 0 Å². The molecule has 0 nitrogen and oxygen atoms in total. The van der Waals surface area contributed by atoms with E-state index in [-0.39, 0.29) is 6.92 Å². The summed E-state index contributed by atoms with van der Waals surface area (Å²) in [5.41, 5.74) is 0. The van der Waals surface area contributed by atoms with Crippen molar-refractivity contribution >= 4 is 31.9 Å². The van der Waals surface area contributed by atoms with Gasteiger partial charge >= 0.3 is 11.8 Å². The fourth-order valence-electron chi connectivity index (χ4n) is 0.192. The van der Waals surface area contributed by atoms with Crippen molar-refractivity contribution in [1.82, 2.24) is 0 Å². The minimum atomic E-state index is -4.06. The SMILES string of the molecule is CC(F)(F)C(F)(F)C(Br)Br. The number of alkyl halides is 6. The maximum atomic E-state index is 12.2. The summed E-state index contributed by atoms with van der Waals surface area (Å²) < 4.78 is 46.6. The van der Waals surface area contributed by atoms with Gasteiger partial charge in [-0.25, -0.2) is 8.78 Å². The van der Waals surface area contributed by atoms with Crippen LogP contribution in [0.2, 0.25) is 0 Å². The molecule has 0 spiro atoms. The number of halogens is 6. The number of hydrogen-bond acceptors (Lipinski definition) is 0. The van der Waals surface area contributed by atoms with E-state index in [9.17, 15) is 17.6 Å². The van der Waals surface area contributed by atoms with Crippen molar-refractivity contribution in [2.75, 3.05) is 0 Å². The standard InChI is InChI=1S/C4H4Br2F4/c1-3(7,8)4(9,10)2(5)6/h2H,1H3. The highest BCUT2D eigenvalue weighted by atomic mass is 79.9. The van der Waals surface area contributed by atoms with E-state index in [1.165, 1.54) is 0 Å². The Labute approximate surface area is 72.2 Å². The smallest absolute Gasteiger partial charge is 0.200 e. The molecule has 0 saturated heterocycles. The van der Waals surface area contributed by atoms with E-state index in [4.69, 9.17) is 0 Å². The molecule has 0 aliphatic rings. The molecule has 10 heavy (non-hydrogen) atoms. The van der Waals surface area contributed by atoms with E-state index in [2.05, 4.69) is 31.9 Å². The van der Waals surface area contributed by atoms with Crippen LogP contribution in [0.3, 0.4) is 0 Å². The van der Waals surface area contributed by atoms with Crippen LogP contribution in [0.25, 0.3) is 0 Å². The van der Waals surface area contributed by atoms with Gasteiger partial charge in [-0.3, -0.25) is 0 Å². The van der Waals surface area contributed by atoms with E-state index >= 15 is 0 Å². The summed E-state index contributed by atoms with van der Waals surface area (Å²) in [5.74, 6) is -8.07. The highest BCUT2D eigenvalue weighted by Crippen LogP contribution is 2.41. The lowest BCUT2D eigenvalue weighted by Gasteiger charge is -2.23. The van der Waals surface area contributed by atoms with Crippen LogP contribution in [0.1, 0.15) is 6.92 Å². The van der Waals surface area contributed by atoms with Crippen molar-refractivity contribution in [2.24, 2.45) is 0 Å². The Morgan fingerprint density at radius 2 is 1.40 bits per heavy atom. The van der Waals surface area contributed by atoms with Gasteiger partial charge in [-0.15, -0.1) is 0 Å². The first-order chi connectivity index (χ1) is 4.19. The molecule has 0 fully saturated rings. The monoisotopic (exact) mass is 286 g/mol. The predicted molar refractivity (Wildman–Crippen MR) is 37.2 cm³/mol. The molecule has 0 bridgehead atoms. The maximum Gasteiger partial charge on any atom is 0.331 e. The van der Waals surface area contributed by atoms with Gasteiger partial charge in [0.15, 0.2) is 0 Å². The van der Waals surface area contributed by atoms with Gasteiger partial charge in [-0.05, 0) is 0 Å². The summed E-state index contributed by atoms with van der Waals surface area (Å²) in [6.45, 7) is 0.169. The lowest BCUT2D eigenvalue weighted by atomic mass is 10.2. The predicted octanol–water partition coefficient (Wildman–Crippen LogP) is 3.39. The number of rotatable bonds is 2. The molecule has 0 aliphatic heterocycles. The zero-order chi connectivity index (χ0) is 8.58. The third-order valence-corrected chi connectivity index (χ3v) is 2.01. The maximum absolute atomic E-state index is 12.2. The van der Waals surface area contributed by atoms with Crippen LogP contribution in [-0.2, 0) is 0 Å². The van der Waals surface area contributed by atoms with Crippen LogP contribution < -0.4 is 0 Å². The van der Waals surface area contributed by atoms with Crippen molar-refractivity contribution < 1.29 is 17.6 Å². The molecule has 0 heterocycles. The van der Waals surface area contributed by atoms with Crippen LogP contribution in [0.4, 0.5) is 17.6 Å². The minimum absolute atomic E-state index is 0.169. The Bertz CT molecular complexity index is 117. The zero-order valence-electron chi connectivity index (χ0n) is 4.85. The molecule has 0 atom stereocenters. The second-order valence-electron chi connectivity index (χ2n) is 1.81. The molecule has 62 valence electrons. The molecule has 0 saturated carbocycles. The Kier molecular flexibility index (Phi) is 3.17. The largest absolute Gasteiger partial charge is 0.331 e. The van der Waals surface area contributed by atoms with Crippen LogP contribution >= 0.6 is 31.9 Å². The Morgan fingerprint density at radius 1 is 1.10 bits per heavy atom. The first kappa shape index (κ1) is 10.7. The van der Waals surface area contributed by atoms with E-state index < -0.39 is 15.6 Å². The van der Waals surface area contributed by atoms with Crippen molar-refractivity contribution in [1.29, 1.82) is 0 Å². The van der Waals surface area contributed by atoms with Crippen molar-refractivity contribution in [3.8, 4) is 0 Å². The van der Waals surface area contributed by atoms with Crippen LogP contribution in [0.5, 0.6) is 0 Å². The van der Waals surface area contributed by atoms with Gasteiger partial charge in [0.2, 0.25) is 0 Å². The summed E-state index contributed by atoms with van der Waals surface area (Å²) in [4.78, 5) is 0. The Balaban J connectivity index is 4.40. The second-order valence-corrected chi connectivity index (χ2v) is 4.87. The first-order valence-electron chi connectivity index (χ1n) is 2.23. The van der Waals surface area contributed by atoms with E-state index in [0.29, 0.717) is 0 Å². The van der Waals surface area contributed by atoms with E-state index in [1.54, 1.807) is 0 Å². The van der Waals surface area contributed by atoms with Crippen LogP contribution in [0.15, 0.2) is 0 Å². The fourth-order valence-corrected chi connectivity index (χ4v) is 0.996. The quantitative estimate of drug-likeness (QED) is 0.539. The van der Waals surface area contributed by atoms with Gasteiger partial charge < -0.3 is 0 Å². The molecule has 0 aliphatic carbocycles. The molecule has 0 aromatic carbocycles. The molecule has 6 heteroatoms. The molecule has 0 amide bonds. The zero-order valence-corrected chi connectivity index (χ0v) is 8.02. The molecular weight excluding hydrogens is 284 g/mol. The Hall–Kier alpha value is 0.680. The molecule has 0 radical (unpaired) electrons. The second kappa shape index (κ2) is 2.97. The highest BCUT2D eigenvalue weighted by molar-refractivity contribution is 9.24. The summed E-state index contributed by atoms with van der Waals surface area (Å²) in [6.07, 6.45) is 0. The molecular formula is C4H4Br2F4. The van der Waals surface area contributed by atoms with Gasteiger partial charge in [0.05, 0.1) is 0 Å². The summed E-state index contributed by atoms with van der Waals surface area (Å²) in [5, 5.41) is 0. The first-order valence-corrected chi connectivity index (χ1v) is 4.06. The minimum Gasteiger partial charge on any atom is -0.200 e. The number of hydrogen-bond donors (Lipinski definition) is 0. The van der Waals surface area contributed by atoms with Crippen molar-refractivity contribution in [3.63, 3.8) is 0 Å². The van der Waals surface area contributed by atoms with Gasteiger partial charge in [0.1, 0.15) is 3.74 Å².